The molecule has 2 N–H and O–H groups in total. The second-order valence-corrected chi connectivity index (χ2v) is 15.6. The number of methoxy groups -OCH3 is 1. The third-order valence-corrected chi connectivity index (χ3v) is 9.66. The number of fused-ring (bicyclic) bond motifs is 1. The summed E-state index contributed by atoms with van der Waals surface area (Å²) >= 11 is 1.25. The molecule has 3 heterocycles. The van der Waals surface area contributed by atoms with Gasteiger partial charge in [-0.2, -0.15) is 0 Å². The molecule has 9 nitrogen and oxygen atoms in total. The van der Waals surface area contributed by atoms with E-state index in [4.69, 9.17) is 9.47 Å². The summed E-state index contributed by atoms with van der Waals surface area (Å²) < 4.78 is 39.4. The van der Waals surface area contributed by atoms with Crippen molar-refractivity contribution < 1.29 is 23.0 Å². The van der Waals surface area contributed by atoms with Crippen molar-refractivity contribution in [3.63, 3.8) is 0 Å². The number of nitrogens with one attached hydrogen (secondary N) is 2. The Morgan fingerprint density at radius 3 is 2.56 bits per heavy atom. The molecule has 48 heavy (non-hydrogen) atoms. The molecule has 5 rings (SSSR count). The number of carbonyl (C=O) groups is 1. The maximum Gasteiger partial charge on any atom is 0.229 e. The van der Waals surface area contributed by atoms with Gasteiger partial charge in [0.15, 0.2) is 16.6 Å². The second kappa shape index (κ2) is 14.7. The lowest BCUT2D eigenvalue weighted by molar-refractivity contribution is -0.115. The van der Waals surface area contributed by atoms with Gasteiger partial charge in [0.2, 0.25) is 5.91 Å². The molecule has 0 spiro atoms. The molecule has 1 atom stereocenters. The zero-order valence-electron chi connectivity index (χ0n) is 28.8. The molecule has 0 bridgehead atoms. The molecular weight excluding hydrogens is 634 g/mol. The number of ether oxygens (including phenoxy) is 2. The maximum atomic E-state index is 13.9. The van der Waals surface area contributed by atoms with Gasteiger partial charge < -0.3 is 20.1 Å². The topological polar surface area (TPSA) is 102 Å². The minimum absolute atomic E-state index is 0.0550. The Labute approximate surface area is 285 Å². The van der Waals surface area contributed by atoms with E-state index in [1.165, 1.54) is 30.5 Å². The fraction of sp³-hybridized carbons (Fsp3) is 0.500. The van der Waals surface area contributed by atoms with Crippen LogP contribution in [0.1, 0.15) is 65.7 Å². The molecule has 1 aliphatic heterocycles. The van der Waals surface area contributed by atoms with E-state index in [2.05, 4.69) is 72.0 Å². The van der Waals surface area contributed by atoms with E-state index in [1.54, 1.807) is 13.3 Å². The predicted octanol–water partition coefficient (Wildman–Crippen LogP) is 8.24. The first kappa shape index (κ1) is 35.4. The van der Waals surface area contributed by atoms with Crippen LogP contribution in [0.4, 0.5) is 25.4 Å². The van der Waals surface area contributed by atoms with Gasteiger partial charge in [-0.3, -0.25) is 9.69 Å². The van der Waals surface area contributed by atoms with Crippen LogP contribution in [0, 0.1) is 28.4 Å². The number of carbonyl (C=O) groups excluding carboxylic acids is 1. The lowest BCUT2D eigenvalue weighted by atomic mass is 9.63. The number of benzene rings is 2. The Hall–Kier alpha value is -3.90. The molecule has 258 valence electrons. The Bertz CT molecular complexity index is 1720. The van der Waals surface area contributed by atoms with Crippen LogP contribution in [0.25, 0.3) is 10.9 Å². The number of nitrogens with zero attached hydrogens (tertiary/aromatic N) is 4. The Kier molecular flexibility index (Phi) is 10.8. The van der Waals surface area contributed by atoms with E-state index in [0.717, 1.165) is 37.7 Å². The van der Waals surface area contributed by atoms with Crippen LogP contribution in [0.15, 0.2) is 42.9 Å². The molecule has 1 fully saturated rings. The number of halogens is 2. The van der Waals surface area contributed by atoms with Crippen molar-refractivity contribution in [2.45, 2.75) is 73.3 Å². The van der Waals surface area contributed by atoms with Crippen LogP contribution >= 0.6 is 11.3 Å². The zero-order chi connectivity index (χ0) is 34.6. The summed E-state index contributed by atoms with van der Waals surface area (Å²) in [6.07, 6.45) is 6.34. The summed E-state index contributed by atoms with van der Waals surface area (Å²) in [6.45, 7) is 16.9. The van der Waals surface area contributed by atoms with E-state index in [1.807, 2.05) is 12.1 Å². The van der Waals surface area contributed by atoms with Crippen LogP contribution < -0.4 is 20.1 Å². The third kappa shape index (κ3) is 8.57. The van der Waals surface area contributed by atoms with Gasteiger partial charge in [-0.15, -0.1) is 11.3 Å². The Morgan fingerprint density at radius 1 is 1.06 bits per heavy atom. The average Bonchev–Trinajstić information content (AvgIpc) is 3.64. The molecule has 0 unspecified atom stereocenters. The van der Waals surface area contributed by atoms with Crippen molar-refractivity contribution in [3.05, 3.63) is 59.4 Å². The predicted molar refractivity (Wildman–Crippen MR) is 187 cm³/mol. The molecule has 2 aromatic carbocycles. The van der Waals surface area contributed by atoms with Crippen molar-refractivity contribution in [3.8, 4) is 11.5 Å². The number of hydrogen-bond donors (Lipinski definition) is 2. The zero-order valence-corrected chi connectivity index (χ0v) is 29.6. The molecule has 12 heteroatoms. The quantitative estimate of drug-likeness (QED) is 0.144. The lowest BCUT2D eigenvalue weighted by Crippen LogP contribution is -2.48. The monoisotopic (exact) mass is 680 g/mol. The first-order valence-corrected chi connectivity index (χ1v) is 17.2. The number of aromatic nitrogens is 3. The fourth-order valence-corrected chi connectivity index (χ4v) is 8.15. The maximum absolute atomic E-state index is 13.9. The minimum atomic E-state index is -0.711. The van der Waals surface area contributed by atoms with Crippen LogP contribution in [0.5, 0.6) is 11.5 Å². The van der Waals surface area contributed by atoms with E-state index in [9.17, 15) is 13.6 Å². The standard InChI is InChI=1S/C36H46F2N6O3S/c1-35(2,3)32(36(4,5)6)28-10-8-13-44(28)14-9-15-47-30-19-26-24(18-29(30)46-7)33(41-21-40-26)43-34-39-20-23(48-34)17-31(45)42-27-16-22(37)11-12-25(27)38/h11-12,16,18-21,28,32H,8-10,13-15,17H2,1-7H3,(H,42,45)(H,39,40,41,43)/t28-/m0/s1. The SMILES string of the molecule is COc1cc2c(Nc3ncc(CC(=O)Nc4cc(F)ccc4F)s3)ncnc2cc1OCCCN1CCC[C@H]1C(C(C)(C)C)C(C)(C)C. The smallest absolute Gasteiger partial charge is 0.229 e. The van der Waals surface area contributed by atoms with Crippen LogP contribution in [0.3, 0.4) is 0 Å². The number of rotatable bonds is 12. The van der Waals surface area contributed by atoms with Gasteiger partial charge in [0, 0.05) is 41.2 Å². The molecule has 0 saturated carbocycles. The molecule has 4 aromatic rings. The highest BCUT2D eigenvalue weighted by atomic mass is 32.1. The number of amides is 1. The van der Waals surface area contributed by atoms with Gasteiger partial charge in [-0.05, 0) is 60.8 Å². The van der Waals surface area contributed by atoms with Gasteiger partial charge in [-0.25, -0.2) is 23.7 Å². The molecular formula is C36H46F2N6O3S. The van der Waals surface area contributed by atoms with Crippen LogP contribution in [-0.4, -0.2) is 58.6 Å². The number of hydrogen-bond acceptors (Lipinski definition) is 9. The highest BCUT2D eigenvalue weighted by molar-refractivity contribution is 7.15. The van der Waals surface area contributed by atoms with Gasteiger partial charge in [0.25, 0.3) is 0 Å². The summed E-state index contributed by atoms with van der Waals surface area (Å²) in [7, 11) is 1.60. The van der Waals surface area contributed by atoms with E-state index in [0.29, 0.717) is 56.8 Å². The molecule has 2 aromatic heterocycles. The van der Waals surface area contributed by atoms with E-state index >= 15 is 0 Å². The summed E-state index contributed by atoms with van der Waals surface area (Å²) in [6, 6.07) is 7.17. The molecule has 0 radical (unpaired) electrons. The lowest BCUT2D eigenvalue weighted by Gasteiger charge is -2.47. The first-order chi connectivity index (χ1) is 22.7. The summed E-state index contributed by atoms with van der Waals surface area (Å²) in [5.74, 6) is 0.457. The molecule has 1 amide bonds. The highest BCUT2D eigenvalue weighted by Crippen LogP contribution is 2.46. The minimum Gasteiger partial charge on any atom is -0.493 e. The number of thiazole rings is 1. The van der Waals surface area contributed by atoms with Gasteiger partial charge >= 0.3 is 0 Å². The first-order valence-electron chi connectivity index (χ1n) is 16.4. The Morgan fingerprint density at radius 2 is 1.83 bits per heavy atom. The number of likely N-dealkylation sites (tertiary alicyclic amines) is 1. The van der Waals surface area contributed by atoms with Crippen molar-refractivity contribution in [2.75, 3.05) is 37.4 Å². The summed E-state index contributed by atoms with van der Waals surface area (Å²) in [5, 5.41) is 6.84. The van der Waals surface area contributed by atoms with Crippen LogP contribution in [-0.2, 0) is 11.2 Å². The second-order valence-electron chi connectivity index (χ2n) is 14.5. The van der Waals surface area contributed by atoms with E-state index in [-0.39, 0.29) is 22.9 Å². The van der Waals surface area contributed by atoms with Crippen molar-refractivity contribution in [1.82, 2.24) is 19.9 Å². The largest absolute Gasteiger partial charge is 0.493 e. The number of anilines is 3. The van der Waals surface area contributed by atoms with Crippen molar-refractivity contribution >= 4 is 44.8 Å². The summed E-state index contributed by atoms with van der Waals surface area (Å²) in [5.41, 5.74) is 0.913. The normalized spacial score (nSPS) is 15.7. The third-order valence-electron chi connectivity index (χ3n) is 8.75. The highest BCUT2D eigenvalue weighted by Gasteiger charge is 2.44. The summed E-state index contributed by atoms with van der Waals surface area (Å²) in [4.78, 5) is 29.0. The van der Waals surface area contributed by atoms with Crippen molar-refractivity contribution in [1.29, 1.82) is 0 Å². The average molecular weight is 681 g/mol. The van der Waals surface area contributed by atoms with E-state index < -0.39 is 17.5 Å². The Balaban J connectivity index is 1.21. The molecule has 0 aliphatic carbocycles. The molecule has 1 saturated heterocycles. The van der Waals surface area contributed by atoms with Gasteiger partial charge in [0.1, 0.15) is 23.8 Å². The molecule has 1 aliphatic rings. The van der Waals surface area contributed by atoms with Crippen molar-refractivity contribution in [2.24, 2.45) is 16.7 Å². The van der Waals surface area contributed by atoms with Crippen LogP contribution in [0.2, 0.25) is 0 Å². The fourth-order valence-electron chi connectivity index (χ4n) is 7.34. The van der Waals surface area contributed by atoms with Gasteiger partial charge in [0.05, 0.1) is 31.3 Å². The van der Waals surface area contributed by atoms with Gasteiger partial charge in [-0.1, -0.05) is 41.5 Å².